The zero-order chi connectivity index (χ0) is 16.2. The molecular formula is C20H28FNO. The second-order valence-corrected chi connectivity index (χ2v) is 7.62. The Balaban J connectivity index is 1.51. The second-order valence-electron chi connectivity index (χ2n) is 7.62. The molecular weight excluding hydrogens is 289 g/mol. The lowest BCUT2D eigenvalue weighted by atomic mass is 9.79. The van der Waals surface area contributed by atoms with Gasteiger partial charge in [-0.05, 0) is 67.7 Å². The molecule has 1 aliphatic carbocycles. The minimum absolute atomic E-state index is 0.153. The van der Waals surface area contributed by atoms with E-state index in [1.807, 2.05) is 12.1 Å². The zero-order valence-corrected chi connectivity index (χ0v) is 14.1. The van der Waals surface area contributed by atoms with E-state index in [2.05, 4.69) is 11.8 Å². The van der Waals surface area contributed by atoms with Gasteiger partial charge >= 0.3 is 0 Å². The molecule has 0 spiro atoms. The van der Waals surface area contributed by atoms with E-state index in [1.54, 1.807) is 12.1 Å². The highest BCUT2D eigenvalue weighted by atomic mass is 19.1. The van der Waals surface area contributed by atoms with Crippen LogP contribution >= 0.6 is 0 Å². The summed E-state index contributed by atoms with van der Waals surface area (Å²) >= 11 is 0. The summed E-state index contributed by atoms with van der Waals surface area (Å²) in [7, 11) is 0. The van der Waals surface area contributed by atoms with E-state index in [4.69, 9.17) is 0 Å². The first-order valence-corrected chi connectivity index (χ1v) is 9.08. The highest BCUT2D eigenvalue weighted by Crippen LogP contribution is 2.30. The number of hydrogen-bond acceptors (Lipinski definition) is 2. The topological polar surface area (TPSA) is 20.3 Å². The fourth-order valence-corrected chi connectivity index (χ4v) is 4.30. The first-order chi connectivity index (χ1) is 11.1. The van der Waals surface area contributed by atoms with Gasteiger partial charge in [-0.25, -0.2) is 4.39 Å². The van der Waals surface area contributed by atoms with Crippen LogP contribution < -0.4 is 0 Å². The molecule has 1 saturated heterocycles. The maximum atomic E-state index is 13.0. The number of carbonyl (C=O) groups is 1. The number of rotatable bonds is 4. The van der Waals surface area contributed by atoms with Crippen molar-refractivity contribution in [3.05, 3.63) is 35.6 Å². The minimum atomic E-state index is -0.153. The summed E-state index contributed by atoms with van der Waals surface area (Å²) in [6.45, 7) is 5.72. The molecule has 1 aromatic carbocycles. The van der Waals surface area contributed by atoms with Crippen LogP contribution in [-0.4, -0.2) is 30.3 Å². The van der Waals surface area contributed by atoms with Crippen molar-refractivity contribution in [3.63, 3.8) is 0 Å². The third-order valence-corrected chi connectivity index (χ3v) is 5.68. The molecule has 0 aromatic heterocycles. The van der Waals surface area contributed by atoms with Crippen molar-refractivity contribution in [1.29, 1.82) is 0 Å². The van der Waals surface area contributed by atoms with Gasteiger partial charge in [-0.2, -0.15) is 0 Å². The Morgan fingerprint density at radius 1 is 1.22 bits per heavy atom. The Hall–Kier alpha value is -1.22. The van der Waals surface area contributed by atoms with Gasteiger partial charge in [0.25, 0.3) is 0 Å². The van der Waals surface area contributed by atoms with Crippen LogP contribution in [0.2, 0.25) is 0 Å². The third kappa shape index (κ3) is 4.63. The van der Waals surface area contributed by atoms with Gasteiger partial charge in [-0.15, -0.1) is 0 Å². The molecule has 2 nitrogen and oxygen atoms in total. The highest BCUT2D eigenvalue weighted by molar-refractivity contribution is 5.79. The van der Waals surface area contributed by atoms with Gasteiger partial charge < -0.3 is 4.90 Å². The summed E-state index contributed by atoms with van der Waals surface area (Å²) in [5.74, 6) is 2.18. The number of nitrogens with zero attached hydrogens (tertiary/aromatic N) is 1. The fourth-order valence-electron chi connectivity index (χ4n) is 4.30. The fraction of sp³-hybridized carbons (Fsp3) is 0.650. The van der Waals surface area contributed by atoms with Crippen molar-refractivity contribution in [3.8, 4) is 0 Å². The van der Waals surface area contributed by atoms with Crippen LogP contribution in [0.4, 0.5) is 4.39 Å². The molecule has 3 heteroatoms. The Kier molecular flexibility index (Phi) is 5.47. The van der Waals surface area contributed by atoms with Gasteiger partial charge in [0.2, 0.25) is 0 Å². The van der Waals surface area contributed by atoms with Gasteiger partial charge in [-0.1, -0.05) is 19.1 Å². The quantitative estimate of drug-likeness (QED) is 0.834. The largest absolute Gasteiger partial charge is 0.303 e. The van der Waals surface area contributed by atoms with Crippen molar-refractivity contribution in [2.45, 2.75) is 45.4 Å². The Morgan fingerprint density at radius 2 is 2.00 bits per heavy atom. The number of likely N-dealkylation sites (tertiary alicyclic amines) is 1. The van der Waals surface area contributed by atoms with Crippen LogP contribution in [0, 0.1) is 23.6 Å². The van der Waals surface area contributed by atoms with Crippen molar-refractivity contribution in [1.82, 2.24) is 4.90 Å². The molecule has 3 atom stereocenters. The van der Waals surface area contributed by atoms with Crippen molar-refractivity contribution < 1.29 is 9.18 Å². The lowest BCUT2D eigenvalue weighted by Gasteiger charge is -2.38. The van der Waals surface area contributed by atoms with Crippen molar-refractivity contribution >= 4 is 5.78 Å². The van der Waals surface area contributed by atoms with Gasteiger partial charge in [0, 0.05) is 25.9 Å². The number of Topliss-reactive ketones (excluding diaryl/α,β-unsaturated/α-hetero) is 1. The molecule has 23 heavy (non-hydrogen) atoms. The van der Waals surface area contributed by atoms with Crippen LogP contribution in [0.3, 0.4) is 0 Å². The van der Waals surface area contributed by atoms with Crippen LogP contribution in [0.1, 0.15) is 44.6 Å². The molecule has 1 heterocycles. The summed E-state index contributed by atoms with van der Waals surface area (Å²) in [6, 6.07) is 6.97. The molecule has 126 valence electrons. The molecule has 1 saturated carbocycles. The molecule has 2 fully saturated rings. The average molecular weight is 317 g/mol. The molecule has 0 amide bonds. The zero-order valence-electron chi connectivity index (χ0n) is 14.1. The summed E-state index contributed by atoms with van der Waals surface area (Å²) in [5.41, 5.74) is 1.25. The molecule has 0 radical (unpaired) electrons. The van der Waals surface area contributed by atoms with Crippen LogP contribution in [0.15, 0.2) is 24.3 Å². The van der Waals surface area contributed by atoms with Crippen LogP contribution in [0.5, 0.6) is 0 Å². The molecule has 0 unspecified atom stereocenters. The van der Waals surface area contributed by atoms with Gasteiger partial charge in [-0.3, -0.25) is 4.79 Å². The van der Waals surface area contributed by atoms with Crippen LogP contribution in [-0.2, 0) is 11.2 Å². The van der Waals surface area contributed by atoms with Gasteiger partial charge in [0.15, 0.2) is 0 Å². The van der Waals surface area contributed by atoms with E-state index in [1.165, 1.54) is 24.9 Å². The summed E-state index contributed by atoms with van der Waals surface area (Å²) in [4.78, 5) is 14.2. The van der Waals surface area contributed by atoms with Gasteiger partial charge in [0.05, 0.1) is 0 Å². The van der Waals surface area contributed by atoms with E-state index in [-0.39, 0.29) is 5.82 Å². The molecule has 3 rings (SSSR count). The monoisotopic (exact) mass is 317 g/mol. The Bertz CT molecular complexity index is 527. The third-order valence-electron chi connectivity index (χ3n) is 5.68. The normalized spacial score (nSPS) is 29.7. The molecule has 2 aliphatic rings. The summed E-state index contributed by atoms with van der Waals surface area (Å²) in [6.07, 6.45) is 6.20. The van der Waals surface area contributed by atoms with Crippen molar-refractivity contribution in [2.24, 2.45) is 17.8 Å². The van der Waals surface area contributed by atoms with E-state index in [9.17, 15) is 9.18 Å². The van der Waals surface area contributed by atoms with Crippen LogP contribution in [0.25, 0.3) is 0 Å². The standard InChI is InChI=1S/C20H28FNO/c1-15-11-20(23)9-6-18(15)14-22-10-2-3-17(13-22)12-16-4-7-19(21)8-5-16/h4-5,7-8,15,17-18H,2-3,6,9-14H2,1H3/t15-,17+,18+/m1/s1. The number of benzene rings is 1. The van der Waals surface area contributed by atoms with E-state index >= 15 is 0 Å². The second kappa shape index (κ2) is 7.57. The number of halogens is 1. The lowest BCUT2D eigenvalue weighted by Crippen LogP contribution is -2.41. The summed E-state index contributed by atoms with van der Waals surface area (Å²) < 4.78 is 13.0. The molecule has 0 bridgehead atoms. The van der Waals surface area contributed by atoms with E-state index in [0.29, 0.717) is 23.5 Å². The smallest absolute Gasteiger partial charge is 0.133 e. The predicted octanol–water partition coefficient (Wildman–Crippen LogP) is 4.09. The van der Waals surface area contributed by atoms with E-state index < -0.39 is 0 Å². The maximum Gasteiger partial charge on any atom is 0.133 e. The van der Waals surface area contributed by atoms with E-state index in [0.717, 1.165) is 38.8 Å². The highest BCUT2D eigenvalue weighted by Gasteiger charge is 2.29. The molecule has 1 aliphatic heterocycles. The number of ketones is 1. The Labute approximate surface area is 139 Å². The number of carbonyl (C=O) groups excluding carboxylic acids is 1. The lowest BCUT2D eigenvalue weighted by molar-refractivity contribution is -0.122. The number of piperidine rings is 1. The average Bonchev–Trinajstić information content (AvgIpc) is 2.53. The molecule has 1 aromatic rings. The predicted molar refractivity (Wildman–Crippen MR) is 90.8 cm³/mol. The maximum absolute atomic E-state index is 13.0. The Morgan fingerprint density at radius 3 is 2.74 bits per heavy atom. The SMILES string of the molecule is C[C@@H]1CC(=O)CC[C@H]1CN1CCC[C@@H](Cc2ccc(F)cc2)C1. The summed E-state index contributed by atoms with van der Waals surface area (Å²) in [5, 5.41) is 0. The molecule has 0 N–H and O–H groups in total. The minimum Gasteiger partial charge on any atom is -0.303 e. The first-order valence-electron chi connectivity index (χ1n) is 9.08. The van der Waals surface area contributed by atoms with Crippen molar-refractivity contribution in [2.75, 3.05) is 19.6 Å². The van der Waals surface area contributed by atoms with Gasteiger partial charge in [0.1, 0.15) is 11.6 Å². The first kappa shape index (κ1) is 16.6. The number of hydrogen-bond donors (Lipinski definition) is 0.